The molecule has 34 heavy (non-hydrogen) atoms. The summed E-state index contributed by atoms with van der Waals surface area (Å²) in [7, 11) is -0.687. The van der Waals surface area contributed by atoms with E-state index >= 15 is 0 Å². The third-order valence-corrected chi connectivity index (χ3v) is 8.23. The van der Waals surface area contributed by atoms with E-state index in [1.807, 2.05) is 12.1 Å². The number of benzene rings is 2. The Labute approximate surface area is 202 Å². The zero-order valence-electron chi connectivity index (χ0n) is 20.0. The number of nitrogens with zero attached hydrogens (tertiary/aromatic N) is 3. The van der Waals surface area contributed by atoms with Crippen LogP contribution in [0.4, 0.5) is 5.69 Å². The molecule has 0 bridgehead atoms. The number of carbonyl (C=O) groups is 1. The summed E-state index contributed by atoms with van der Waals surface area (Å²) in [5, 5.41) is 2.98. The molecule has 0 aliphatic carbocycles. The fourth-order valence-electron chi connectivity index (χ4n) is 4.39. The predicted octanol–water partition coefficient (Wildman–Crippen LogP) is 2.30. The van der Waals surface area contributed by atoms with Crippen LogP contribution in [0.25, 0.3) is 0 Å². The maximum Gasteiger partial charge on any atom is 0.253 e. The molecule has 184 valence electrons. The van der Waals surface area contributed by atoms with E-state index in [4.69, 9.17) is 4.74 Å². The lowest BCUT2D eigenvalue weighted by Crippen LogP contribution is -2.38. The zero-order chi connectivity index (χ0) is 24.1. The molecule has 2 aliphatic heterocycles. The van der Waals surface area contributed by atoms with Crippen LogP contribution in [0.2, 0.25) is 0 Å². The van der Waals surface area contributed by atoms with Crippen molar-refractivity contribution in [3.63, 3.8) is 0 Å². The fourth-order valence-corrected chi connectivity index (χ4v) is 5.32. The molecule has 0 saturated carbocycles. The van der Waals surface area contributed by atoms with Crippen LogP contribution in [0.1, 0.15) is 34.3 Å². The Morgan fingerprint density at radius 1 is 0.971 bits per heavy atom. The van der Waals surface area contributed by atoms with Crippen LogP contribution in [0.3, 0.4) is 0 Å². The van der Waals surface area contributed by atoms with Gasteiger partial charge in [-0.05, 0) is 55.3 Å². The van der Waals surface area contributed by atoms with Gasteiger partial charge in [0.2, 0.25) is 10.0 Å². The second-order valence-corrected chi connectivity index (χ2v) is 11.2. The molecule has 2 saturated heterocycles. The van der Waals surface area contributed by atoms with Crippen molar-refractivity contribution >= 4 is 21.6 Å². The smallest absolute Gasteiger partial charge is 0.253 e. The average molecular weight is 487 g/mol. The summed E-state index contributed by atoms with van der Waals surface area (Å²) in [5.74, 6) is -0.293. The highest BCUT2D eigenvalue weighted by Gasteiger charge is 2.24. The molecule has 8 nitrogen and oxygen atoms in total. The second-order valence-electron chi connectivity index (χ2n) is 9.05. The van der Waals surface area contributed by atoms with Gasteiger partial charge in [0.05, 0.1) is 23.7 Å². The van der Waals surface area contributed by atoms with Gasteiger partial charge in [-0.1, -0.05) is 24.3 Å². The first-order valence-electron chi connectivity index (χ1n) is 11.8. The molecule has 1 N–H and O–H groups in total. The fraction of sp³-hybridized carbons (Fsp3) is 0.480. The van der Waals surface area contributed by atoms with E-state index in [0.717, 1.165) is 35.2 Å². The Hall–Kier alpha value is -2.46. The molecular weight excluding hydrogens is 452 g/mol. The van der Waals surface area contributed by atoms with Crippen LogP contribution in [0.5, 0.6) is 0 Å². The molecule has 2 aliphatic rings. The summed E-state index contributed by atoms with van der Waals surface area (Å²) in [6.07, 6.45) is 2.54. The standard InChI is InChI=1S/C25H34N4O4S/c1-27(2)34(31,32)22-9-10-24(29-13-15-33-16-14-29)23(17-22)25(30)26-18-20-5-7-21(8-6-20)19-28-11-3-4-12-28/h5-10,17H,3-4,11-16,18-19H2,1-2H3,(H,26,30). The van der Waals surface area contributed by atoms with E-state index in [9.17, 15) is 13.2 Å². The van der Waals surface area contributed by atoms with Gasteiger partial charge in [-0.3, -0.25) is 9.69 Å². The highest BCUT2D eigenvalue weighted by Crippen LogP contribution is 2.26. The van der Waals surface area contributed by atoms with E-state index < -0.39 is 10.0 Å². The number of sulfonamides is 1. The van der Waals surface area contributed by atoms with Crippen molar-refractivity contribution in [1.82, 2.24) is 14.5 Å². The van der Waals surface area contributed by atoms with Gasteiger partial charge < -0.3 is 15.0 Å². The van der Waals surface area contributed by atoms with Crippen molar-refractivity contribution in [2.45, 2.75) is 30.8 Å². The van der Waals surface area contributed by atoms with E-state index in [1.165, 1.54) is 38.6 Å². The molecule has 2 fully saturated rings. The van der Waals surface area contributed by atoms with Gasteiger partial charge in [-0.15, -0.1) is 0 Å². The minimum Gasteiger partial charge on any atom is -0.378 e. The topological polar surface area (TPSA) is 82.2 Å². The normalized spacial score (nSPS) is 17.3. The molecule has 4 rings (SSSR count). The Morgan fingerprint density at radius 2 is 1.62 bits per heavy atom. The number of amides is 1. The summed E-state index contributed by atoms with van der Waals surface area (Å²) < 4.78 is 32.0. The molecule has 2 aromatic rings. The molecule has 0 aromatic heterocycles. The molecule has 2 heterocycles. The lowest BCUT2D eigenvalue weighted by molar-refractivity contribution is 0.0949. The van der Waals surface area contributed by atoms with Crippen molar-refractivity contribution in [2.24, 2.45) is 0 Å². The third kappa shape index (κ3) is 5.78. The Morgan fingerprint density at radius 3 is 2.26 bits per heavy atom. The lowest BCUT2D eigenvalue weighted by Gasteiger charge is -2.30. The minimum absolute atomic E-state index is 0.103. The number of nitrogens with one attached hydrogen (secondary N) is 1. The van der Waals surface area contributed by atoms with Gasteiger partial charge in [0.1, 0.15) is 0 Å². The molecular formula is C25H34N4O4S. The third-order valence-electron chi connectivity index (χ3n) is 6.42. The number of rotatable bonds is 8. The van der Waals surface area contributed by atoms with Gasteiger partial charge in [-0.25, -0.2) is 12.7 Å². The molecule has 0 spiro atoms. The molecule has 1 amide bonds. The number of hydrogen-bond acceptors (Lipinski definition) is 6. The maximum absolute atomic E-state index is 13.2. The number of anilines is 1. The quantitative estimate of drug-likeness (QED) is 0.617. The van der Waals surface area contributed by atoms with Gasteiger partial charge in [0.25, 0.3) is 5.91 Å². The molecule has 9 heteroatoms. The van der Waals surface area contributed by atoms with Crippen molar-refractivity contribution in [2.75, 3.05) is 58.4 Å². The molecule has 2 aromatic carbocycles. The van der Waals surface area contributed by atoms with E-state index in [-0.39, 0.29) is 10.8 Å². The van der Waals surface area contributed by atoms with Gasteiger partial charge >= 0.3 is 0 Å². The summed E-state index contributed by atoms with van der Waals surface area (Å²) in [6, 6.07) is 13.1. The number of hydrogen-bond donors (Lipinski definition) is 1. The van der Waals surface area contributed by atoms with E-state index in [1.54, 1.807) is 12.1 Å². The second kappa shape index (κ2) is 10.9. The van der Waals surface area contributed by atoms with Crippen LogP contribution < -0.4 is 10.2 Å². The van der Waals surface area contributed by atoms with Crippen molar-refractivity contribution in [3.8, 4) is 0 Å². The number of ether oxygens (including phenoxy) is 1. The summed E-state index contributed by atoms with van der Waals surface area (Å²) in [6.45, 7) is 6.10. The highest BCUT2D eigenvalue weighted by atomic mass is 32.2. The lowest BCUT2D eigenvalue weighted by atomic mass is 10.1. The minimum atomic E-state index is -3.66. The maximum atomic E-state index is 13.2. The first-order valence-corrected chi connectivity index (χ1v) is 13.3. The summed E-state index contributed by atoms with van der Waals surface area (Å²) in [5.41, 5.74) is 3.35. The number of likely N-dealkylation sites (tertiary alicyclic amines) is 1. The molecule has 0 atom stereocenters. The van der Waals surface area contributed by atoms with E-state index in [0.29, 0.717) is 38.4 Å². The van der Waals surface area contributed by atoms with Crippen molar-refractivity contribution in [3.05, 3.63) is 59.2 Å². The number of carbonyl (C=O) groups excluding carboxylic acids is 1. The van der Waals surface area contributed by atoms with Crippen LogP contribution in [0, 0.1) is 0 Å². The largest absolute Gasteiger partial charge is 0.378 e. The predicted molar refractivity (Wildman–Crippen MR) is 132 cm³/mol. The SMILES string of the molecule is CN(C)S(=O)(=O)c1ccc(N2CCOCC2)c(C(=O)NCc2ccc(CN3CCCC3)cc2)c1. The van der Waals surface area contributed by atoms with Crippen molar-refractivity contribution in [1.29, 1.82) is 0 Å². The summed E-state index contributed by atoms with van der Waals surface area (Å²) in [4.78, 5) is 17.9. The monoisotopic (exact) mass is 486 g/mol. The van der Waals surface area contributed by atoms with Crippen molar-refractivity contribution < 1.29 is 17.9 Å². The Bertz CT molecular complexity index is 1090. The molecule has 0 radical (unpaired) electrons. The van der Waals surface area contributed by atoms with E-state index in [2.05, 4.69) is 27.2 Å². The number of morpholine rings is 1. The highest BCUT2D eigenvalue weighted by molar-refractivity contribution is 7.89. The Kier molecular flexibility index (Phi) is 7.88. The van der Waals surface area contributed by atoms with Gasteiger partial charge in [0, 0.05) is 46.0 Å². The van der Waals surface area contributed by atoms with Crippen LogP contribution >= 0.6 is 0 Å². The zero-order valence-corrected chi connectivity index (χ0v) is 20.8. The first-order chi connectivity index (χ1) is 16.3. The summed E-state index contributed by atoms with van der Waals surface area (Å²) >= 11 is 0. The average Bonchev–Trinajstić information content (AvgIpc) is 3.36. The molecule has 0 unspecified atom stereocenters. The van der Waals surface area contributed by atoms with Gasteiger partial charge in [0.15, 0.2) is 0 Å². The van der Waals surface area contributed by atoms with Crippen LogP contribution in [-0.2, 0) is 27.8 Å². The van der Waals surface area contributed by atoms with Crippen LogP contribution in [0.15, 0.2) is 47.4 Å². The first kappa shape index (κ1) is 24.7. The Balaban J connectivity index is 1.49. The van der Waals surface area contributed by atoms with Crippen LogP contribution in [-0.4, -0.2) is 77.0 Å². The van der Waals surface area contributed by atoms with Gasteiger partial charge in [-0.2, -0.15) is 0 Å².